The summed E-state index contributed by atoms with van der Waals surface area (Å²) in [5, 5.41) is 3.00. The van der Waals surface area contributed by atoms with E-state index in [4.69, 9.17) is 4.74 Å². The molecule has 1 amide bonds. The molecule has 0 spiro atoms. The lowest BCUT2D eigenvalue weighted by atomic mass is 9.97. The number of nitrogens with one attached hydrogen (secondary N) is 1. The second-order valence-electron chi connectivity index (χ2n) is 7.90. The molecular formula is C23H30N2O4S. The second-order valence-corrected chi connectivity index (χ2v) is 9.87. The minimum atomic E-state index is -3.37. The fourth-order valence-corrected chi connectivity index (χ4v) is 5.17. The van der Waals surface area contributed by atoms with Crippen LogP contribution in [0, 0.1) is 12.8 Å². The zero-order valence-corrected chi connectivity index (χ0v) is 18.4. The summed E-state index contributed by atoms with van der Waals surface area (Å²) >= 11 is 0. The topological polar surface area (TPSA) is 75.7 Å². The van der Waals surface area contributed by atoms with Crippen LogP contribution in [-0.4, -0.2) is 44.4 Å². The molecule has 0 saturated carbocycles. The molecule has 2 aromatic carbocycles. The Morgan fingerprint density at radius 1 is 1.10 bits per heavy atom. The van der Waals surface area contributed by atoms with E-state index in [1.807, 2.05) is 68.4 Å². The highest BCUT2D eigenvalue weighted by Crippen LogP contribution is 2.22. The van der Waals surface area contributed by atoms with Crippen molar-refractivity contribution in [2.24, 2.45) is 5.92 Å². The maximum atomic E-state index is 12.7. The largest absolute Gasteiger partial charge is 0.491 e. The first kappa shape index (κ1) is 22.3. The lowest BCUT2D eigenvalue weighted by Gasteiger charge is -2.31. The predicted molar refractivity (Wildman–Crippen MR) is 118 cm³/mol. The van der Waals surface area contributed by atoms with Gasteiger partial charge >= 0.3 is 0 Å². The average Bonchev–Trinajstić information content (AvgIpc) is 2.73. The molecule has 1 aliphatic heterocycles. The number of hydrogen-bond acceptors (Lipinski definition) is 4. The van der Waals surface area contributed by atoms with Crippen LogP contribution in [0.3, 0.4) is 0 Å². The van der Waals surface area contributed by atoms with E-state index in [-0.39, 0.29) is 23.6 Å². The summed E-state index contributed by atoms with van der Waals surface area (Å²) in [6.45, 7) is 5.04. The monoisotopic (exact) mass is 430 g/mol. The second kappa shape index (κ2) is 10.1. The van der Waals surface area contributed by atoms with E-state index < -0.39 is 10.0 Å². The summed E-state index contributed by atoms with van der Waals surface area (Å²) in [4.78, 5) is 12.6. The van der Waals surface area contributed by atoms with Gasteiger partial charge in [0.1, 0.15) is 12.4 Å². The Morgan fingerprint density at radius 2 is 1.73 bits per heavy atom. The summed E-state index contributed by atoms with van der Waals surface area (Å²) in [5.41, 5.74) is 1.83. The zero-order chi connectivity index (χ0) is 21.6. The van der Waals surface area contributed by atoms with Crippen LogP contribution < -0.4 is 10.1 Å². The number of amides is 1. The van der Waals surface area contributed by atoms with Gasteiger partial charge < -0.3 is 10.1 Å². The summed E-state index contributed by atoms with van der Waals surface area (Å²) < 4.78 is 32.6. The third kappa shape index (κ3) is 6.06. The van der Waals surface area contributed by atoms with Gasteiger partial charge in [0.2, 0.25) is 15.9 Å². The van der Waals surface area contributed by atoms with Crippen molar-refractivity contribution in [1.29, 1.82) is 0 Å². The van der Waals surface area contributed by atoms with E-state index in [9.17, 15) is 13.2 Å². The van der Waals surface area contributed by atoms with Crippen LogP contribution in [0.4, 0.5) is 0 Å². The van der Waals surface area contributed by atoms with Crippen molar-refractivity contribution in [1.82, 2.24) is 9.62 Å². The van der Waals surface area contributed by atoms with E-state index in [1.54, 1.807) is 0 Å². The van der Waals surface area contributed by atoms with E-state index in [0.717, 1.165) is 16.9 Å². The van der Waals surface area contributed by atoms with E-state index in [1.165, 1.54) is 4.31 Å². The molecule has 6 nitrogen and oxygen atoms in total. The predicted octanol–water partition coefficient (Wildman–Crippen LogP) is 3.12. The van der Waals surface area contributed by atoms with Gasteiger partial charge in [-0.05, 0) is 43.9 Å². The van der Waals surface area contributed by atoms with Gasteiger partial charge in [-0.15, -0.1) is 0 Å². The summed E-state index contributed by atoms with van der Waals surface area (Å²) in [6.07, 6.45) is 1.07. The SMILES string of the molecule is Cc1ccccc1OC[C@H](C)NC(=O)C1CCN(S(=O)(=O)Cc2ccccc2)CC1. The molecule has 0 bridgehead atoms. The minimum Gasteiger partial charge on any atom is -0.491 e. The van der Waals surface area contributed by atoms with Crippen LogP contribution >= 0.6 is 0 Å². The third-order valence-corrected chi connectivity index (χ3v) is 7.23. The van der Waals surface area contributed by atoms with Crippen molar-refractivity contribution < 1.29 is 17.9 Å². The Balaban J connectivity index is 1.45. The molecule has 0 aliphatic carbocycles. The molecule has 2 aromatic rings. The Hall–Kier alpha value is -2.38. The third-order valence-electron chi connectivity index (χ3n) is 5.38. The smallest absolute Gasteiger partial charge is 0.223 e. The fourth-order valence-electron chi connectivity index (χ4n) is 3.61. The zero-order valence-electron chi connectivity index (χ0n) is 17.6. The Bertz CT molecular complexity index is 939. The van der Waals surface area contributed by atoms with Gasteiger partial charge in [-0.1, -0.05) is 48.5 Å². The van der Waals surface area contributed by atoms with Crippen molar-refractivity contribution in [3.05, 3.63) is 65.7 Å². The van der Waals surface area contributed by atoms with Crippen molar-refractivity contribution in [2.75, 3.05) is 19.7 Å². The number of carbonyl (C=O) groups is 1. The lowest BCUT2D eigenvalue weighted by Crippen LogP contribution is -2.46. The summed E-state index contributed by atoms with van der Waals surface area (Å²) in [7, 11) is -3.37. The molecule has 0 aromatic heterocycles. The number of rotatable bonds is 8. The fraction of sp³-hybridized carbons (Fsp3) is 0.435. The Kier molecular flexibility index (Phi) is 7.50. The number of piperidine rings is 1. The number of para-hydroxylation sites is 1. The number of carbonyl (C=O) groups excluding carboxylic acids is 1. The maximum absolute atomic E-state index is 12.7. The van der Waals surface area contributed by atoms with Crippen molar-refractivity contribution >= 4 is 15.9 Å². The van der Waals surface area contributed by atoms with Crippen LogP contribution in [0.5, 0.6) is 5.75 Å². The highest BCUT2D eigenvalue weighted by Gasteiger charge is 2.31. The van der Waals surface area contributed by atoms with E-state index in [0.29, 0.717) is 32.5 Å². The van der Waals surface area contributed by atoms with Gasteiger partial charge in [0.25, 0.3) is 0 Å². The lowest BCUT2D eigenvalue weighted by molar-refractivity contribution is -0.126. The molecule has 0 unspecified atom stereocenters. The molecule has 1 atom stereocenters. The van der Waals surface area contributed by atoms with Crippen LogP contribution in [0.15, 0.2) is 54.6 Å². The maximum Gasteiger partial charge on any atom is 0.223 e. The number of hydrogen-bond donors (Lipinski definition) is 1. The standard InChI is InChI=1S/C23H30N2O4S/c1-18-8-6-7-11-22(18)29-16-19(2)24-23(26)21-12-14-25(15-13-21)30(27,28)17-20-9-4-3-5-10-20/h3-11,19,21H,12-17H2,1-2H3,(H,24,26)/t19-/m0/s1. The first-order valence-corrected chi connectivity index (χ1v) is 12.0. The molecule has 30 heavy (non-hydrogen) atoms. The Labute approximate surface area is 179 Å². The average molecular weight is 431 g/mol. The number of ether oxygens (including phenoxy) is 1. The molecule has 0 radical (unpaired) electrons. The van der Waals surface area contributed by atoms with Crippen LogP contribution in [0.25, 0.3) is 0 Å². The normalized spacial score (nSPS) is 16.7. The first-order valence-electron chi connectivity index (χ1n) is 10.4. The molecule has 7 heteroatoms. The van der Waals surface area contributed by atoms with Gasteiger partial charge in [-0.3, -0.25) is 4.79 Å². The molecule has 162 valence electrons. The number of benzene rings is 2. The van der Waals surface area contributed by atoms with Gasteiger partial charge in [-0.2, -0.15) is 0 Å². The molecule has 1 N–H and O–H groups in total. The molecular weight excluding hydrogens is 400 g/mol. The summed E-state index contributed by atoms with van der Waals surface area (Å²) in [6, 6.07) is 16.8. The number of aryl methyl sites for hydroxylation is 1. The van der Waals surface area contributed by atoms with E-state index >= 15 is 0 Å². The highest BCUT2D eigenvalue weighted by molar-refractivity contribution is 7.88. The van der Waals surface area contributed by atoms with Gasteiger partial charge in [0.05, 0.1) is 11.8 Å². The van der Waals surface area contributed by atoms with Gasteiger partial charge in [-0.25, -0.2) is 12.7 Å². The first-order chi connectivity index (χ1) is 14.3. The number of nitrogens with zero attached hydrogens (tertiary/aromatic N) is 1. The van der Waals surface area contributed by atoms with Crippen molar-refractivity contribution in [3.8, 4) is 5.75 Å². The summed E-state index contributed by atoms with van der Waals surface area (Å²) in [5.74, 6) is 0.610. The van der Waals surface area contributed by atoms with Crippen LogP contribution in [0.1, 0.15) is 30.9 Å². The Morgan fingerprint density at radius 3 is 2.40 bits per heavy atom. The van der Waals surface area contributed by atoms with Crippen LogP contribution in [-0.2, 0) is 20.6 Å². The molecule has 1 aliphatic rings. The van der Waals surface area contributed by atoms with Crippen molar-refractivity contribution in [2.45, 2.75) is 38.5 Å². The molecule has 1 fully saturated rings. The number of sulfonamides is 1. The van der Waals surface area contributed by atoms with Gasteiger partial charge in [0.15, 0.2) is 0 Å². The minimum absolute atomic E-state index is 0.00201. The molecule has 3 rings (SSSR count). The quantitative estimate of drug-likeness (QED) is 0.698. The van der Waals surface area contributed by atoms with Crippen molar-refractivity contribution in [3.63, 3.8) is 0 Å². The molecule has 1 heterocycles. The van der Waals surface area contributed by atoms with Crippen LogP contribution in [0.2, 0.25) is 0 Å². The highest BCUT2D eigenvalue weighted by atomic mass is 32.2. The van der Waals surface area contributed by atoms with E-state index in [2.05, 4.69) is 5.32 Å². The van der Waals surface area contributed by atoms with Gasteiger partial charge in [0, 0.05) is 19.0 Å². The molecule has 1 saturated heterocycles.